The van der Waals surface area contributed by atoms with E-state index < -0.39 is 11.5 Å². The van der Waals surface area contributed by atoms with Crippen molar-refractivity contribution in [2.75, 3.05) is 5.32 Å². The minimum absolute atomic E-state index is 0.307. The smallest absolute Gasteiger partial charge is 0.223 e. The molecule has 5 nitrogen and oxygen atoms in total. The number of hydrogen-bond donors (Lipinski definition) is 1. The van der Waals surface area contributed by atoms with Crippen molar-refractivity contribution >= 4 is 11.9 Å². The molecule has 0 fully saturated rings. The largest absolute Gasteiger partial charge is 0.548 e. The molecule has 0 bridgehead atoms. The van der Waals surface area contributed by atoms with Crippen LogP contribution < -0.4 is 10.4 Å². The lowest BCUT2D eigenvalue weighted by Crippen LogP contribution is -2.49. The molecule has 0 aliphatic heterocycles. The third kappa shape index (κ3) is 2.90. The van der Waals surface area contributed by atoms with Crippen molar-refractivity contribution in [2.24, 2.45) is 0 Å². The van der Waals surface area contributed by atoms with E-state index in [1.807, 2.05) is 19.9 Å². The van der Waals surface area contributed by atoms with Crippen LogP contribution in [0.3, 0.4) is 0 Å². The van der Waals surface area contributed by atoms with Crippen molar-refractivity contribution in [1.29, 1.82) is 0 Å². The number of hydrogen-bond acceptors (Lipinski definition) is 5. The zero-order valence-electron chi connectivity index (χ0n) is 9.29. The first-order valence-electron chi connectivity index (χ1n) is 4.63. The number of aliphatic carboxylic acids is 1. The van der Waals surface area contributed by atoms with E-state index in [0.29, 0.717) is 5.95 Å². The number of nitrogens with one attached hydrogen (secondary N) is 1. The molecule has 1 N–H and O–H groups in total. The Labute approximate surface area is 88.6 Å². The molecule has 0 aromatic carbocycles. The third-order valence-corrected chi connectivity index (χ3v) is 1.92. The summed E-state index contributed by atoms with van der Waals surface area (Å²) in [7, 11) is 0. The summed E-state index contributed by atoms with van der Waals surface area (Å²) in [6.45, 7) is 6.66. The zero-order chi connectivity index (χ0) is 11.6. The Morgan fingerprint density at radius 3 is 2.20 bits per heavy atom. The summed E-state index contributed by atoms with van der Waals surface area (Å²) in [5.74, 6) is -0.882. The fourth-order valence-corrected chi connectivity index (χ4v) is 1.11. The summed E-state index contributed by atoms with van der Waals surface area (Å²) < 4.78 is 0. The fraction of sp³-hybridized carbons (Fsp3) is 0.500. The first-order chi connectivity index (χ1) is 6.81. The molecular formula is C10H14N3O2-. The van der Waals surface area contributed by atoms with E-state index in [1.54, 1.807) is 0 Å². The van der Waals surface area contributed by atoms with Gasteiger partial charge in [-0.2, -0.15) is 0 Å². The monoisotopic (exact) mass is 208 g/mol. The van der Waals surface area contributed by atoms with Gasteiger partial charge in [-0.1, -0.05) is 0 Å². The second-order valence-corrected chi connectivity index (χ2v) is 4.01. The molecule has 0 saturated carbocycles. The van der Waals surface area contributed by atoms with Gasteiger partial charge >= 0.3 is 0 Å². The molecule has 0 radical (unpaired) electrons. The topological polar surface area (TPSA) is 77.9 Å². The summed E-state index contributed by atoms with van der Waals surface area (Å²) in [6.07, 6.45) is 0. The predicted molar refractivity (Wildman–Crippen MR) is 54.2 cm³/mol. The van der Waals surface area contributed by atoms with Gasteiger partial charge in [0.15, 0.2) is 0 Å². The molecule has 15 heavy (non-hydrogen) atoms. The van der Waals surface area contributed by atoms with Crippen molar-refractivity contribution in [3.63, 3.8) is 0 Å². The fourth-order valence-electron chi connectivity index (χ4n) is 1.11. The summed E-state index contributed by atoms with van der Waals surface area (Å²) in [5, 5.41) is 13.5. The minimum Gasteiger partial charge on any atom is -0.548 e. The van der Waals surface area contributed by atoms with Gasteiger partial charge in [0.05, 0.1) is 11.5 Å². The van der Waals surface area contributed by atoms with Gasteiger partial charge in [0.1, 0.15) is 0 Å². The van der Waals surface area contributed by atoms with Gasteiger partial charge in [-0.05, 0) is 33.8 Å². The maximum Gasteiger partial charge on any atom is 0.223 e. The SMILES string of the molecule is Cc1cc(C)nc(NC(C)(C)C(=O)[O-])n1. The first-order valence-corrected chi connectivity index (χ1v) is 4.63. The molecule has 0 aliphatic rings. The number of aryl methyl sites for hydroxylation is 2. The Kier molecular flexibility index (Phi) is 2.93. The van der Waals surface area contributed by atoms with E-state index in [2.05, 4.69) is 15.3 Å². The summed E-state index contributed by atoms with van der Waals surface area (Å²) in [5.41, 5.74) is 0.401. The molecule has 82 valence electrons. The number of carbonyl (C=O) groups excluding carboxylic acids is 1. The van der Waals surface area contributed by atoms with Crippen LogP contribution in [0.4, 0.5) is 5.95 Å². The summed E-state index contributed by atoms with van der Waals surface area (Å²) in [6, 6.07) is 1.82. The Hall–Kier alpha value is -1.65. The van der Waals surface area contributed by atoms with Crippen molar-refractivity contribution in [3.05, 3.63) is 17.5 Å². The van der Waals surface area contributed by atoms with Gasteiger partial charge in [-0.15, -0.1) is 0 Å². The first kappa shape index (κ1) is 11.4. The average Bonchev–Trinajstić information content (AvgIpc) is 1.99. The number of aromatic nitrogens is 2. The Bertz CT molecular complexity index is 368. The van der Waals surface area contributed by atoms with E-state index in [4.69, 9.17) is 0 Å². The summed E-state index contributed by atoms with van der Waals surface area (Å²) >= 11 is 0. The maximum atomic E-state index is 10.8. The Morgan fingerprint density at radius 2 is 1.80 bits per heavy atom. The van der Waals surface area contributed by atoms with Crippen LogP contribution in [0.5, 0.6) is 0 Å². The minimum atomic E-state index is -1.19. The van der Waals surface area contributed by atoms with E-state index in [9.17, 15) is 9.90 Å². The number of carbonyl (C=O) groups is 1. The maximum absolute atomic E-state index is 10.8. The van der Waals surface area contributed by atoms with Gasteiger partial charge < -0.3 is 15.2 Å². The van der Waals surface area contributed by atoms with Crippen molar-refractivity contribution in [1.82, 2.24) is 9.97 Å². The van der Waals surface area contributed by atoms with Crippen LogP contribution in [0.1, 0.15) is 25.2 Å². The van der Waals surface area contributed by atoms with Crippen LogP contribution >= 0.6 is 0 Å². The highest BCUT2D eigenvalue weighted by Gasteiger charge is 2.20. The molecule has 0 amide bonds. The Morgan fingerprint density at radius 1 is 1.33 bits per heavy atom. The summed E-state index contributed by atoms with van der Waals surface area (Å²) in [4.78, 5) is 18.9. The Balaban J connectivity index is 2.94. The number of carboxylic acids is 1. The molecule has 0 aliphatic carbocycles. The van der Waals surface area contributed by atoms with Gasteiger partial charge in [0.25, 0.3) is 0 Å². The standard InChI is InChI=1S/C10H15N3O2/c1-6-5-7(2)12-9(11-6)13-10(3,4)8(14)15/h5H,1-4H3,(H,14,15)(H,11,12,13)/p-1. The lowest BCUT2D eigenvalue weighted by molar-refractivity contribution is -0.310. The van der Waals surface area contributed by atoms with Crippen molar-refractivity contribution in [3.8, 4) is 0 Å². The van der Waals surface area contributed by atoms with Crippen molar-refractivity contribution in [2.45, 2.75) is 33.2 Å². The van der Waals surface area contributed by atoms with Crippen LogP contribution in [0, 0.1) is 13.8 Å². The van der Waals surface area contributed by atoms with Gasteiger partial charge in [0, 0.05) is 11.4 Å². The molecule has 0 unspecified atom stereocenters. The highest BCUT2D eigenvalue weighted by Crippen LogP contribution is 2.11. The molecule has 0 saturated heterocycles. The molecule has 0 spiro atoms. The van der Waals surface area contributed by atoms with Crippen molar-refractivity contribution < 1.29 is 9.90 Å². The van der Waals surface area contributed by atoms with E-state index in [0.717, 1.165) is 11.4 Å². The zero-order valence-corrected chi connectivity index (χ0v) is 9.29. The van der Waals surface area contributed by atoms with Crippen LogP contribution in [0.25, 0.3) is 0 Å². The third-order valence-electron chi connectivity index (χ3n) is 1.92. The van der Waals surface area contributed by atoms with E-state index in [1.165, 1.54) is 13.8 Å². The number of carboxylic acid groups (broad SMARTS) is 1. The highest BCUT2D eigenvalue weighted by molar-refractivity contribution is 5.78. The predicted octanol–water partition coefficient (Wildman–Crippen LogP) is 0.0338. The highest BCUT2D eigenvalue weighted by atomic mass is 16.4. The normalized spacial score (nSPS) is 11.2. The second kappa shape index (κ2) is 3.84. The quantitative estimate of drug-likeness (QED) is 0.758. The van der Waals surface area contributed by atoms with Crippen LogP contribution in [0.2, 0.25) is 0 Å². The van der Waals surface area contributed by atoms with E-state index in [-0.39, 0.29) is 0 Å². The van der Waals surface area contributed by atoms with E-state index >= 15 is 0 Å². The molecule has 1 heterocycles. The average molecular weight is 208 g/mol. The number of anilines is 1. The molecular weight excluding hydrogens is 194 g/mol. The molecule has 1 aromatic rings. The van der Waals surface area contributed by atoms with Crippen LogP contribution in [-0.4, -0.2) is 21.5 Å². The van der Waals surface area contributed by atoms with Crippen LogP contribution in [-0.2, 0) is 4.79 Å². The molecule has 1 rings (SSSR count). The lowest BCUT2D eigenvalue weighted by Gasteiger charge is -2.27. The lowest BCUT2D eigenvalue weighted by atomic mass is 10.1. The molecule has 0 atom stereocenters. The number of nitrogens with zero attached hydrogens (tertiary/aromatic N) is 2. The molecule has 5 heteroatoms. The molecule has 1 aromatic heterocycles. The van der Waals surface area contributed by atoms with Gasteiger partial charge in [-0.3, -0.25) is 0 Å². The van der Waals surface area contributed by atoms with Gasteiger partial charge in [-0.25, -0.2) is 9.97 Å². The number of rotatable bonds is 3. The second-order valence-electron chi connectivity index (χ2n) is 4.01. The van der Waals surface area contributed by atoms with Crippen LogP contribution in [0.15, 0.2) is 6.07 Å². The van der Waals surface area contributed by atoms with Gasteiger partial charge in [0.2, 0.25) is 5.95 Å².